The van der Waals surface area contributed by atoms with Gasteiger partial charge in [0.15, 0.2) is 0 Å². The van der Waals surface area contributed by atoms with Crippen molar-refractivity contribution in [3.63, 3.8) is 0 Å². The van der Waals surface area contributed by atoms with Gasteiger partial charge in [0.2, 0.25) is 5.91 Å². The van der Waals surface area contributed by atoms with Crippen LogP contribution >= 0.6 is 0 Å². The molecule has 0 aliphatic carbocycles. The Morgan fingerprint density at radius 2 is 1.79 bits per heavy atom. The first kappa shape index (κ1) is 20.3. The smallest absolute Gasteiger partial charge is 0.257 e. The van der Waals surface area contributed by atoms with Crippen molar-refractivity contribution in [1.29, 1.82) is 0 Å². The third-order valence-corrected chi connectivity index (χ3v) is 6.56. The van der Waals surface area contributed by atoms with Crippen LogP contribution in [0.25, 0.3) is 0 Å². The second-order valence-electron chi connectivity index (χ2n) is 8.42. The largest absolute Gasteiger partial charge is 0.375 e. The molecule has 3 saturated heterocycles. The molecule has 8 nitrogen and oxygen atoms in total. The minimum atomic E-state index is 0.0613. The van der Waals surface area contributed by atoms with E-state index in [9.17, 15) is 9.59 Å². The van der Waals surface area contributed by atoms with E-state index in [0.717, 1.165) is 58.2 Å². The molecule has 4 rings (SSSR count). The number of hydrogen-bond acceptors (Lipinski definition) is 5. The fourth-order valence-electron chi connectivity index (χ4n) is 5.14. The summed E-state index contributed by atoms with van der Waals surface area (Å²) in [5.74, 6) is 0.169. The first-order valence-electron chi connectivity index (χ1n) is 10.9. The number of methoxy groups -OCH3 is 1. The van der Waals surface area contributed by atoms with Gasteiger partial charge in [-0.1, -0.05) is 0 Å². The number of likely N-dealkylation sites (tertiary alicyclic amines) is 1. The maximum Gasteiger partial charge on any atom is 0.257 e. The molecule has 29 heavy (non-hydrogen) atoms. The summed E-state index contributed by atoms with van der Waals surface area (Å²) in [5.41, 5.74) is 0.663. The Morgan fingerprint density at radius 3 is 2.38 bits per heavy atom. The van der Waals surface area contributed by atoms with Gasteiger partial charge in [0.25, 0.3) is 5.91 Å². The average Bonchev–Trinajstić information content (AvgIpc) is 3.31. The Labute approximate surface area is 172 Å². The van der Waals surface area contributed by atoms with Gasteiger partial charge in [0, 0.05) is 45.0 Å². The third-order valence-electron chi connectivity index (χ3n) is 6.56. The van der Waals surface area contributed by atoms with E-state index in [0.29, 0.717) is 5.56 Å². The lowest BCUT2D eigenvalue weighted by Gasteiger charge is -2.41. The molecule has 2 amide bonds. The number of aryl methyl sites for hydroxylation is 1. The summed E-state index contributed by atoms with van der Waals surface area (Å²) in [6, 6.07) is 0.580. The normalized spacial score (nSPS) is 27.4. The quantitative estimate of drug-likeness (QED) is 0.721. The second-order valence-corrected chi connectivity index (χ2v) is 8.42. The first-order valence-corrected chi connectivity index (χ1v) is 10.9. The zero-order valence-electron chi connectivity index (χ0n) is 17.5. The summed E-state index contributed by atoms with van der Waals surface area (Å²) in [6.45, 7) is 4.38. The highest BCUT2D eigenvalue weighted by atomic mass is 16.5. The Kier molecular flexibility index (Phi) is 6.20. The van der Waals surface area contributed by atoms with Gasteiger partial charge in [-0.2, -0.15) is 5.10 Å². The Morgan fingerprint density at radius 1 is 1.10 bits per heavy atom. The topological polar surface area (TPSA) is 76.9 Å². The second kappa shape index (κ2) is 8.83. The Bertz CT molecular complexity index is 714. The van der Waals surface area contributed by atoms with E-state index in [1.54, 1.807) is 18.0 Å². The van der Waals surface area contributed by atoms with Crippen LogP contribution in [-0.2, 0) is 20.8 Å². The van der Waals surface area contributed by atoms with E-state index < -0.39 is 0 Å². The molecular formula is C21H32N4O4. The number of carbonyl (C=O) groups excluding carboxylic acids is 2. The molecule has 8 heteroatoms. The molecule has 0 aromatic carbocycles. The Hall–Kier alpha value is -1.93. The zero-order chi connectivity index (χ0) is 20.4. The molecule has 4 heterocycles. The molecule has 1 aromatic rings. The van der Waals surface area contributed by atoms with Gasteiger partial charge >= 0.3 is 0 Å². The van der Waals surface area contributed by atoms with Crippen LogP contribution in [0.3, 0.4) is 0 Å². The van der Waals surface area contributed by atoms with Crippen molar-refractivity contribution >= 4 is 11.8 Å². The lowest BCUT2D eigenvalue weighted by Crippen LogP contribution is -2.50. The number of carbonyl (C=O) groups is 2. The minimum Gasteiger partial charge on any atom is -0.375 e. The number of amides is 2. The fourth-order valence-corrected chi connectivity index (χ4v) is 5.14. The standard InChI is InChI=1S/C21H32N4O4/c1-3-24-13-15(12-22-24)21(27)23-8-6-18(7-9-23)29-19-10-16-4-5-17(11-19)25(16)20(26)14-28-2/h12-13,16-19H,3-11,14H2,1-2H3/t16-,17+,19?. The van der Waals surface area contributed by atoms with Crippen LogP contribution in [0.2, 0.25) is 0 Å². The molecular weight excluding hydrogens is 372 g/mol. The number of piperidine rings is 2. The van der Waals surface area contributed by atoms with Crippen molar-refractivity contribution in [2.24, 2.45) is 0 Å². The highest BCUT2D eigenvalue weighted by molar-refractivity contribution is 5.93. The number of rotatable bonds is 6. The summed E-state index contributed by atoms with van der Waals surface area (Å²) < 4.78 is 13.3. The number of ether oxygens (including phenoxy) is 2. The average molecular weight is 405 g/mol. The molecule has 3 aliphatic heterocycles. The molecule has 0 spiro atoms. The van der Waals surface area contributed by atoms with E-state index >= 15 is 0 Å². The number of nitrogens with zero attached hydrogens (tertiary/aromatic N) is 4. The van der Waals surface area contributed by atoms with E-state index in [2.05, 4.69) is 5.10 Å². The van der Waals surface area contributed by atoms with E-state index in [1.165, 1.54) is 0 Å². The molecule has 2 bridgehead atoms. The van der Waals surface area contributed by atoms with Crippen LogP contribution in [0.1, 0.15) is 55.8 Å². The fraction of sp³-hybridized carbons (Fsp3) is 0.762. The van der Waals surface area contributed by atoms with Crippen molar-refractivity contribution < 1.29 is 19.1 Å². The highest BCUT2D eigenvalue weighted by Gasteiger charge is 2.44. The molecule has 0 N–H and O–H groups in total. The molecule has 0 saturated carbocycles. The molecule has 1 unspecified atom stereocenters. The molecule has 3 fully saturated rings. The Balaban J connectivity index is 1.25. The minimum absolute atomic E-state index is 0.0613. The van der Waals surface area contributed by atoms with Gasteiger partial charge in [-0.15, -0.1) is 0 Å². The van der Waals surface area contributed by atoms with Gasteiger partial charge in [-0.05, 0) is 45.4 Å². The van der Waals surface area contributed by atoms with Crippen molar-refractivity contribution in [1.82, 2.24) is 19.6 Å². The summed E-state index contributed by atoms with van der Waals surface area (Å²) in [7, 11) is 1.57. The van der Waals surface area contributed by atoms with Gasteiger partial charge in [0.05, 0.1) is 24.0 Å². The number of aromatic nitrogens is 2. The van der Waals surface area contributed by atoms with Crippen molar-refractivity contribution in [2.45, 2.75) is 76.3 Å². The summed E-state index contributed by atoms with van der Waals surface area (Å²) in [4.78, 5) is 28.9. The lowest BCUT2D eigenvalue weighted by molar-refractivity contribution is -0.144. The zero-order valence-corrected chi connectivity index (χ0v) is 17.5. The van der Waals surface area contributed by atoms with Gasteiger partial charge < -0.3 is 19.3 Å². The van der Waals surface area contributed by atoms with Crippen LogP contribution < -0.4 is 0 Å². The first-order chi connectivity index (χ1) is 14.1. The van der Waals surface area contributed by atoms with Gasteiger partial charge in [-0.25, -0.2) is 0 Å². The number of hydrogen-bond donors (Lipinski definition) is 0. The van der Waals surface area contributed by atoms with Crippen LogP contribution in [0, 0.1) is 0 Å². The summed E-state index contributed by atoms with van der Waals surface area (Å²) >= 11 is 0. The molecule has 3 aliphatic rings. The van der Waals surface area contributed by atoms with Crippen LogP contribution in [0.5, 0.6) is 0 Å². The molecule has 160 valence electrons. The van der Waals surface area contributed by atoms with Crippen LogP contribution in [0.4, 0.5) is 0 Å². The van der Waals surface area contributed by atoms with Gasteiger partial charge in [0.1, 0.15) is 6.61 Å². The van der Waals surface area contributed by atoms with E-state index in [4.69, 9.17) is 9.47 Å². The summed E-state index contributed by atoms with van der Waals surface area (Å²) in [6.07, 6.45) is 9.59. The highest BCUT2D eigenvalue weighted by Crippen LogP contribution is 2.38. The predicted octanol–water partition coefficient (Wildman–Crippen LogP) is 1.69. The molecule has 3 atom stereocenters. The monoisotopic (exact) mass is 404 g/mol. The lowest BCUT2D eigenvalue weighted by atomic mass is 9.98. The van der Waals surface area contributed by atoms with Crippen molar-refractivity contribution in [3.05, 3.63) is 18.0 Å². The third kappa shape index (κ3) is 4.33. The summed E-state index contributed by atoms with van der Waals surface area (Å²) in [5, 5.41) is 4.20. The number of fused-ring (bicyclic) bond motifs is 2. The van der Waals surface area contributed by atoms with Crippen LogP contribution in [0.15, 0.2) is 12.4 Å². The molecule has 0 radical (unpaired) electrons. The SMILES string of the molecule is CCn1cc(C(=O)N2CCC(OC3C[C@H]4CC[C@@H](C3)N4C(=O)COC)CC2)cn1. The maximum absolute atomic E-state index is 12.7. The molecule has 1 aromatic heterocycles. The van der Waals surface area contributed by atoms with Crippen LogP contribution in [-0.4, -0.2) is 82.5 Å². The van der Waals surface area contributed by atoms with Crippen molar-refractivity contribution in [3.8, 4) is 0 Å². The van der Waals surface area contributed by atoms with E-state index in [-0.39, 0.29) is 42.7 Å². The predicted molar refractivity (Wildman–Crippen MR) is 106 cm³/mol. The van der Waals surface area contributed by atoms with Gasteiger partial charge in [-0.3, -0.25) is 14.3 Å². The maximum atomic E-state index is 12.7. The van der Waals surface area contributed by atoms with Crippen molar-refractivity contribution in [2.75, 3.05) is 26.8 Å². The van der Waals surface area contributed by atoms with E-state index in [1.807, 2.05) is 22.9 Å².